The minimum absolute atomic E-state index is 0.00182. The van der Waals surface area contributed by atoms with E-state index in [9.17, 15) is 4.79 Å². The number of carbonyl (C=O) groups excluding carboxylic acids is 1. The number of nitrogens with one attached hydrogen (secondary N) is 1. The van der Waals surface area contributed by atoms with Crippen molar-refractivity contribution in [3.8, 4) is 6.07 Å². The van der Waals surface area contributed by atoms with Gasteiger partial charge in [-0.3, -0.25) is 4.79 Å². The molecule has 1 amide bonds. The Morgan fingerprint density at radius 1 is 1.43 bits per heavy atom. The molecule has 0 unspecified atom stereocenters. The highest BCUT2D eigenvalue weighted by atomic mass is 16.1. The number of benzene rings is 1. The fraction of sp³-hybridized carbons (Fsp3) is 0.273. The number of nitriles is 1. The van der Waals surface area contributed by atoms with Crippen molar-refractivity contribution >= 4 is 11.6 Å². The molecule has 14 heavy (non-hydrogen) atoms. The zero-order chi connectivity index (χ0) is 10.4. The van der Waals surface area contributed by atoms with Crippen LogP contribution in [0.2, 0.25) is 0 Å². The van der Waals surface area contributed by atoms with E-state index in [0.717, 1.165) is 11.3 Å². The van der Waals surface area contributed by atoms with Gasteiger partial charge in [0.2, 0.25) is 5.91 Å². The highest BCUT2D eigenvalue weighted by Crippen LogP contribution is 2.09. The quantitative estimate of drug-likeness (QED) is 0.789. The number of hydrogen-bond donors (Lipinski definition) is 1. The van der Waals surface area contributed by atoms with Crippen LogP contribution in [0.25, 0.3) is 0 Å². The average molecular weight is 188 g/mol. The van der Waals surface area contributed by atoms with Gasteiger partial charge in [0.15, 0.2) is 0 Å². The minimum atomic E-state index is -0.00182. The summed E-state index contributed by atoms with van der Waals surface area (Å²) in [5.41, 5.74) is 1.74. The van der Waals surface area contributed by atoms with Crippen LogP contribution in [-0.4, -0.2) is 5.91 Å². The Kier molecular flexibility index (Phi) is 3.69. The Morgan fingerprint density at radius 2 is 2.07 bits per heavy atom. The van der Waals surface area contributed by atoms with Gasteiger partial charge in [-0.15, -0.1) is 0 Å². The largest absolute Gasteiger partial charge is 0.326 e. The van der Waals surface area contributed by atoms with E-state index in [-0.39, 0.29) is 5.91 Å². The maximum atomic E-state index is 11.0. The minimum Gasteiger partial charge on any atom is -0.326 e. The Labute approximate surface area is 83.4 Å². The molecule has 0 saturated heterocycles. The second-order valence-corrected chi connectivity index (χ2v) is 2.93. The zero-order valence-corrected chi connectivity index (χ0v) is 8.08. The summed E-state index contributed by atoms with van der Waals surface area (Å²) in [5, 5.41) is 11.2. The van der Waals surface area contributed by atoms with Crippen LogP contribution in [0.4, 0.5) is 5.69 Å². The molecule has 1 aromatic rings. The van der Waals surface area contributed by atoms with Crippen LogP contribution in [-0.2, 0) is 11.2 Å². The Hall–Kier alpha value is -1.82. The lowest BCUT2D eigenvalue weighted by molar-refractivity contribution is -0.115. The normalized spacial score (nSPS) is 9.14. The van der Waals surface area contributed by atoms with Crippen molar-refractivity contribution in [2.75, 3.05) is 5.32 Å². The van der Waals surface area contributed by atoms with Crippen LogP contribution in [0.1, 0.15) is 18.9 Å². The highest BCUT2D eigenvalue weighted by molar-refractivity contribution is 5.90. The molecule has 0 heterocycles. The van der Waals surface area contributed by atoms with Crippen molar-refractivity contribution in [1.82, 2.24) is 0 Å². The summed E-state index contributed by atoms with van der Waals surface area (Å²) >= 11 is 0. The predicted molar refractivity (Wildman–Crippen MR) is 54.7 cm³/mol. The van der Waals surface area contributed by atoms with Crippen LogP contribution in [0.5, 0.6) is 0 Å². The molecule has 72 valence electrons. The Bertz CT molecular complexity index is 349. The van der Waals surface area contributed by atoms with E-state index in [2.05, 4.69) is 11.4 Å². The molecule has 0 aromatic heterocycles. The average Bonchev–Trinajstić information content (AvgIpc) is 2.21. The summed E-state index contributed by atoms with van der Waals surface area (Å²) in [6, 6.07) is 9.36. The van der Waals surface area contributed by atoms with Crippen LogP contribution in [0.15, 0.2) is 24.3 Å². The first-order chi connectivity index (χ1) is 6.76. The topological polar surface area (TPSA) is 52.9 Å². The molecule has 0 saturated carbocycles. The van der Waals surface area contributed by atoms with Crippen molar-refractivity contribution < 1.29 is 4.79 Å². The molecule has 0 spiro atoms. The maximum Gasteiger partial charge on any atom is 0.224 e. The molecule has 0 aliphatic heterocycles. The highest BCUT2D eigenvalue weighted by Gasteiger charge is 1.98. The first-order valence-electron chi connectivity index (χ1n) is 4.52. The molecule has 0 aliphatic carbocycles. The standard InChI is InChI=1S/C11H12N2O/c1-2-11(14)13-10-5-3-9(4-6-10)7-8-12/h3-6H,2,7H2,1H3,(H,13,14). The molecule has 1 rings (SSSR count). The van der Waals surface area contributed by atoms with Crippen molar-refractivity contribution in [3.63, 3.8) is 0 Å². The number of nitrogens with zero attached hydrogens (tertiary/aromatic N) is 1. The second kappa shape index (κ2) is 5.03. The summed E-state index contributed by atoms with van der Waals surface area (Å²) in [5.74, 6) is -0.00182. The molecule has 3 heteroatoms. The van der Waals surface area contributed by atoms with Gasteiger partial charge in [-0.1, -0.05) is 19.1 Å². The summed E-state index contributed by atoms with van der Waals surface area (Å²) in [4.78, 5) is 11.0. The molecule has 0 fully saturated rings. The lowest BCUT2D eigenvalue weighted by Gasteiger charge is -2.03. The zero-order valence-electron chi connectivity index (χ0n) is 8.08. The third kappa shape index (κ3) is 2.91. The van der Waals surface area contributed by atoms with Crippen molar-refractivity contribution in [2.24, 2.45) is 0 Å². The number of anilines is 1. The summed E-state index contributed by atoms with van der Waals surface area (Å²) < 4.78 is 0. The number of rotatable bonds is 3. The number of hydrogen-bond acceptors (Lipinski definition) is 2. The van der Waals surface area contributed by atoms with Gasteiger partial charge in [-0.05, 0) is 17.7 Å². The molecular formula is C11H12N2O. The number of carbonyl (C=O) groups is 1. The first kappa shape index (κ1) is 10.3. The molecule has 1 aromatic carbocycles. The van der Waals surface area contributed by atoms with Gasteiger partial charge >= 0.3 is 0 Å². The molecule has 0 aliphatic rings. The Morgan fingerprint density at radius 3 is 2.57 bits per heavy atom. The summed E-state index contributed by atoms with van der Waals surface area (Å²) in [6.45, 7) is 1.80. The van der Waals surface area contributed by atoms with Crippen LogP contribution in [0, 0.1) is 11.3 Å². The van der Waals surface area contributed by atoms with Gasteiger partial charge in [-0.25, -0.2) is 0 Å². The fourth-order valence-corrected chi connectivity index (χ4v) is 1.05. The van der Waals surface area contributed by atoms with Crippen LogP contribution >= 0.6 is 0 Å². The van der Waals surface area contributed by atoms with Gasteiger partial charge in [-0.2, -0.15) is 5.26 Å². The number of amides is 1. The third-order valence-electron chi connectivity index (χ3n) is 1.84. The van der Waals surface area contributed by atoms with E-state index >= 15 is 0 Å². The van der Waals surface area contributed by atoms with E-state index < -0.39 is 0 Å². The van der Waals surface area contributed by atoms with Gasteiger partial charge < -0.3 is 5.32 Å². The maximum absolute atomic E-state index is 11.0. The third-order valence-corrected chi connectivity index (χ3v) is 1.84. The molecule has 0 atom stereocenters. The monoisotopic (exact) mass is 188 g/mol. The smallest absolute Gasteiger partial charge is 0.224 e. The van der Waals surface area contributed by atoms with E-state index in [1.165, 1.54) is 0 Å². The molecule has 1 N–H and O–H groups in total. The SMILES string of the molecule is CCC(=O)Nc1ccc(CC#N)cc1. The van der Waals surface area contributed by atoms with Crippen LogP contribution in [0.3, 0.4) is 0 Å². The first-order valence-corrected chi connectivity index (χ1v) is 4.52. The lowest BCUT2D eigenvalue weighted by atomic mass is 10.1. The van der Waals surface area contributed by atoms with E-state index in [4.69, 9.17) is 5.26 Å². The molecule has 0 radical (unpaired) electrons. The van der Waals surface area contributed by atoms with Gasteiger partial charge in [0, 0.05) is 12.1 Å². The van der Waals surface area contributed by atoms with Crippen LogP contribution < -0.4 is 5.32 Å². The summed E-state index contributed by atoms with van der Waals surface area (Å²) in [6.07, 6.45) is 0.877. The van der Waals surface area contributed by atoms with Crippen molar-refractivity contribution in [3.05, 3.63) is 29.8 Å². The van der Waals surface area contributed by atoms with Gasteiger partial charge in [0.25, 0.3) is 0 Å². The van der Waals surface area contributed by atoms with Gasteiger partial charge in [0.1, 0.15) is 0 Å². The van der Waals surface area contributed by atoms with E-state index in [1.807, 2.05) is 12.1 Å². The van der Waals surface area contributed by atoms with E-state index in [1.54, 1.807) is 19.1 Å². The fourth-order valence-electron chi connectivity index (χ4n) is 1.05. The van der Waals surface area contributed by atoms with Crippen molar-refractivity contribution in [1.29, 1.82) is 5.26 Å². The molecular weight excluding hydrogens is 176 g/mol. The van der Waals surface area contributed by atoms with Gasteiger partial charge in [0.05, 0.1) is 12.5 Å². The molecule has 0 bridgehead atoms. The Balaban J connectivity index is 2.65. The predicted octanol–water partition coefficient (Wildman–Crippen LogP) is 2.10. The summed E-state index contributed by atoms with van der Waals surface area (Å²) in [7, 11) is 0. The van der Waals surface area contributed by atoms with E-state index in [0.29, 0.717) is 12.8 Å². The lowest BCUT2D eigenvalue weighted by Crippen LogP contribution is -2.09. The second-order valence-electron chi connectivity index (χ2n) is 2.93. The van der Waals surface area contributed by atoms with Crippen molar-refractivity contribution in [2.45, 2.75) is 19.8 Å². The molecule has 3 nitrogen and oxygen atoms in total.